The SMILES string of the molecule is CC(C)(CO)[C@@H](c1cc(F)ccc1Br)N1CCNCC1.Cl. The highest BCUT2D eigenvalue weighted by Crippen LogP contribution is 2.41. The van der Waals surface area contributed by atoms with E-state index < -0.39 is 0 Å². The van der Waals surface area contributed by atoms with Crippen molar-refractivity contribution in [1.29, 1.82) is 0 Å². The van der Waals surface area contributed by atoms with E-state index in [2.05, 4.69) is 26.1 Å². The van der Waals surface area contributed by atoms with E-state index in [1.807, 2.05) is 13.8 Å². The molecule has 2 N–H and O–H groups in total. The predicted molar refractivity (Wildman–Crippen MR) is 89.4 cm³/mol. The Morgan fingerprint density at radius 3 is 2.57 bits per heavy atom. The Morgan fingerprint density at radius 2 is 2.00 bits per heavy atom. The molecule has 0 spiro atoms. The van der Waals surface area contributed by atoms with E-state index in [9.17, 15) is 9.50 Å². The van der Waals surface area contributed by atoms with E-state index in [-0.39, 0.29) is 36.3 Å². The topological polar surface area (TPSA) is 35.5 Å². The van der Waals surface area contributed by atoms with Gasteiger partial charge in [-0.3, -0.25) is 4.90 Å². The molecule has 21 heavy (non-hydrogen) atoms. The lowest BCUT2D eigenvalue weighted by Gasteiger charge is -2.43. The Bertz CT molecular complexity index is 467. The van der Waals surface area contributed by atoms with Gasteiger partial charge in [-0.2, -0.15) is 0 Å². The number of hydrogen-bond acceptors (Lipinski definition) is 3. The summed E-state index contributed by atoms with van der Waals surface area (Å²) < 4.78 is 14.5. The number of nitrogens with zero attached hydrogens (tertiary/aromatic N) is 1. The zero-order valence-corrected chi connectivity index (χ0v) is 14.8. The van der Waals surface area contributed by atoms with Gasteiger partial charge < -0.3 is 10.4 Å². The quantitative estimate of drug-likeness (QED) is 0.842. The normalized spacial score (nSPS) is 18.1. The van der Waals surface area contributed by atoms with Gasteiger partial charge in [0.2, 0.25) is 0 Å². The van der Waals surface area contributed by atoms with Crippen molar-refractivity contribution in [2.24, 2.45) is 5.41 Å². The summed E-state index contributed by atoms with van der Waals surface area (Å²) in [7, 11) is 0. The van der Waals surface area contributed by atoms with E-state index >= 15 is 0 Å². The van der Waals surface area contributed by atoms with Crippen LogP contribution in [0, 0.1) is 11.2 Å². The summed E-state index contributed by atoms with van der Waals surface area (Å²) in [4.78, 5) is 2.33. The number of benzene rings is 1. The smallest absolute Gasteiger partial charge is 0.123 e. The first-order chi connectivity index (χ1) is 9.45. The van der Waals surface area contributed by atoms with E-state index in [1.54, 1.807) is 12.1 Å². The Balaban J connectivity index is 0.00000220. The van der Waals surface area contributed by atoms with Crippen LogP contribution in [0.3, 0.4) is 0 Å². The fraction of sp³-hybridized carbons (Fsp3) is 0.600. The van der Waals surface area contributed by atoms with Crippen LogP contribution in [0.4, 0.5) is 4.39 Å². The summed E-state index contributed by atoms with van der Waals surface area (Å²) in [6.07, 6.45) is 0. The molecule has 0 bridgehead atoms. The monoisotopic (exact) mass is 380 g/mol. The largest absolute Gasteiger partial charge is 0.396 e. The molecule has 1 atom stereocenters. The van der Waals surface area contributed by atoms with Crippen LogP contribution in [0.1, 0.15) is 25.5 Å². The highest BCUT2D eigenvalue weighted by molar-refractivity contribution is 9.10. The first kappa shape index (κ1) is 18.8. The van der Waals surface area contributed by atoms with Crippen LogP contribution >= 0.6 is 28.3 Å². The Labute approximate surface area is 140 Å². The molecule has 0 saturated carbocycles. The highest BCUT2D eigenvalue weighted by atomic mass is 79.9. The molecule has 1 saturated heterocycles. The minimum absolute atomic E-state index is 0. The van der Waals surface area contributed by atoms with Crippen LogP contribution in [0.5, 0.6) is 0 Å². The molecule has 120 valence electrons. The number of halogens is 3. The fourth-order valence-electron chi connectivity index (χ4n) is 2.86. The van der Waals surface area contributed by atoms with Crippen molar-refractivity contribution in [3.8, 4) is 0 Å². The highest BCUT2D eigenvalue weighted by Gasteiger charge is 2.36. The third kappa shape index (κ3) is 4.39. The van der Waals surface area contributed by atoms with Crippen LogP contribution < -0.4 is 5.32 Å². The van der Waals surface area contributed by atoms with Crippen molar-refractivity contribution in [3.05, 3.63) is 34.1 Å². The molecular formula is C15H23BrClFN2O. The van der Waals surface area contributed by atoms with Gasteiger partial charge >= 0.3 is 0 Å². The third-order valence-corrected chi connectivity index (χ3v) is 4.64. The van der Waals surface area contributed by atoms with E-state index in [4.69, 9.17) is 0 Å². The molecule has 1 fully saturated rings. The molecule has 6 heteroatoms. The second-order valence-corrected chi connectivity index (χ2v) is 6.86. The summed E-state index contributed by atoms with van der Waals surface area (Å²) in [5.74, 6) is -0.239. The van der Waals surface area contributed by atoms with E-state index in [0.29, 0.717) is 0 Å². The zero-order valence-electron chi connectivity index (χ0n) is 12.4. The molecule has 1 aromatic rings. The number of hydrogen-bond donors (Lipinski definition) is 2. The van der Waals surface area contributed by atoms with Gasteiger partial charge in [0.25, 0.3) is 0 Å². The Hall–Kier alpha value is -0.200. The summed E-state index contributed by atoms with van der Waals surface area (Å²) in [5, 5.41) is 13.1. The van der Waals surface area contributed by atoms with Gasteiger partial charge in [-0.15, -0.1) is 12.4 Å². The number of piperazine rings is 1. The van der Waals surface area contributed by atoms with Crippen molar-refractivity contribution >= 4 is 28.3 Å². The predicted octanol–water partition coefficient (Wildman–Crippen LogP) is 2.97. The minimum atomic E-state index is -0.340. The zero-order chi connectivity index (χ0) is 14.8. The molecule has 1 aliphatic heterocycles. The van der Waals surface area contributed by atoms with Gasteiger partial charge in [-0.05, 0) is 23.8 Å². The maximum Gasteiger partial charge on any atom is 0.123 e. The van der Waals surface area contributed by atoms with Crippen molar-refractivity contribution in [2.45, 2.75) is 19.9 Å². The maximum atomic E-state index is 13.7. The van der Waals surface area contributed by atoms with Crippen molar-refractivity contribution in [2.75, 3.05) is 32.8 Å². The molecule has 0 aromatic heterocycles. The van der Waals surface area contributed by atoms with Gasteiger partial charge in [0, 0.05) is 48.7 Å². The van der Waals surface area contributed by atoms with Gasteiger partial charge in [-0.1, -0.05) is 29.8 Å². The molecule has 1 aromatic carbocycles. The molecule has 3 nitrogen and oxygen atoms in total. The van der Waals surface area contributed by atoms with E-state index in [1.165, 1.54) is 6.07 Å². The summed E-state index contributed by atoms with van der Waals surface area (Å²) in [6.45, 7) is 7.75. The number of aliphatic hydroxyl groups excluding tert-OH is 1. The fourth-order valence-corrected chi connectivity index (χ4v) is 3.33. The van der Waals surface area contributed by atoms with Crippen LogP contribution in [0.15, 0.2) is 22.7 Å². The number of rotatable bonds is 4. The van der Waals surface area contributed by atoms with Crippen molar-refractivity contribution < 1.29 is 9.50 Å². The van der Waals surface area contributed by atoms with Crippen LogP contribution in [-0.2, 0) is 0 Å². The standard InChI is InChI=1S/C15H22BrFN2O.ClH/c1-15(2,10-20)14(19-7-5-18-6-8-19)12-9-11(17)3-4-13(12)16;/h3-4,9,14,18,20H,5-8,10H2,1-2H3;1H/t14-;/m1./s1. The average Bonchev–Trinajstić information content (AvgIpc) is 2.44. The van der Waals surface area contributed by atoms with E-state index in [0.717, 1.165) is 36.2 Å². The third-order valence-electron chi connectivity index (χ3n) is 3.92. The lowest BCUT2D eigenvalue weighted by Crippen LogP contribution is -2.49. The van der Waals surface area contributed by atoms with Crippen LogP contribution in [0.2, 0.25) is 0 Å². The summed E-state index contributed by atoms with van der Waals surface area (Å²) >= 11 is 3.53. The minimum Gasteiger partial charge on any atom is -0.396 e. The molecular weight excluding hydrogens is 359 g/mol. The van der Waals surface area contributed by atoms with Crippen molar-refractivity contribution in [1.82, 2.24) is 10.2 Å². The molecule has 2 rings (SSSR count). The first-order valence-corrected chi connectivity index (χ1v) is 7.75. The summed E-state index contributed by atoms with van der Waals surface area (Å²) in [6, 6.07) is 4.76. The molecule has 0 amide bonds. The van der Waals surface area contributed by atoms with Crippen molar-refractivity contribution in [3.63, 3.8) is 0 Å². The lowest BCUT2D eigenvalue weighted by molar-refractivity contribution is 0.0300. The van der Waals surface area contributed by atoms with Gasteiger partial charge in [0.05, 0.1) is 0 Å². The van der Waals surface area contributed by atoms with Gasteiger partial charge in [0.15, 0.2) is 0 Å². The summed E-state index contributed by atoms with van der Waals surface area (Å²) in [5.41, 5.74) is 0.569. The second kappa shape index (κ2) is 7.88. The number of nitrogens with one attached hydrogen (secondary N) is 1. The Kier molecular flexibility index (Phi) is 7.07. The van der Waals surface area contributed by atoms with Crippen LogP contribution in [0.25, 0.3) is 0 Å². The maximum absolute atomic E-state index is 13.7. The van der Waals surface area contributed by atoms with Gasteiger partial charge in [-0.25, -0.2) is 4.39 Å². The average molecular weight is 382 g/mol. The Morgan fingerprint density at radius 1 is 1.38 bits per heavy atom. The van der Waals surface area contributed by atoms with Crippen LogP contribution in [-0.4, -0.2) is 42.8 Å². The van der Waals surface area contributed by atoms with Gasteiger partial charge in [0.1, 0.15) is 5.82 Å². The lowest BCUT2D eigenvalue weighted by atomic mass is 9.79. The molecule has 0 radical (unpaired) electrons. The molecule has 1 aliphatic rings. The second-order valence-electron chi connectivity index (χ2n) is 6.00. The molecule has 0 unspecified atom stereocenters. The molecule has 1 heterocycles. The first-order valence-electron chi connectivity index (χ1n) is 6.96. The molecule has 0 aliphatic carbocycles. The number of aliphatic hydroxyl groups is 1.